The fraction of sp³-hybridized carbons (Fsp3) is 0.600. The van der Waals surface area contributed by atoms with Gasteiger partial charge in [-0.25, -0.2) is 0 Å². The van der Waals surface area contributed by atoms with Gasteiger partial charge in [-0.3, -0.25) is 4.79 Å². The van der Waals surface area contributed by atoms with E-state index in [1.807, 2.05) is 24.3 Å². The Hall–Kier alpha value is -1.82. The summed E-state index contributed by atoms with van der Waals surface area (Å²) in [5.41, 5.74) is 1.71. The van der Waals surface area contributed by atoms with Crippen LogP contribution in [-0.2, 0) is 11.2 Å². The second-order valence-corrected chi connectivity index (χ2v) is 7.24. The van der Waals surface area contributed by atoms with Crippen LogP contribution in [0.25, 0.3) is 0 Å². The molecule has 1 N–H and O–H groups in total. The zero-order valence-electron chi connectivity index (χ0n) is 14.5. The van der Waals surface area contributed by atoms with E-state index in [-0.39, 0.29) is 11.8 Å². The Kier molecular flexibility index (Phi) is 6.21. The van der Waals surface area contributed by atoms with E-state index in [4.69, 9.17) is 5.26 Å². The number of hydrogen-bond donors (Lipinski definition) is 1. The number of rotatable bonds is 5. The van der Waals surface area contributed by atoms with Crippen LogP contribution in [0.1, 0.15) is 51.2 Å². The first-order chi connectivity index (χ1) is 11.0. The van der Waals surface area contributed by atoms with Crippen molar-refractivity contribution in [1.82, 2.24) is 5.32 Å². The first-order valence-corrected chi connectivity index (χ1v) is 8.78. The second kappa shape index (κ2) is 8.15. The van der Waals surface area contributed by atoms with Crippen LogP contribution in [-0.4, -0.2) is 12.5 Å². The smallest absolute Gasteiger partial charge is 0.223 e. The average molecular weight is 312 g/mol. The van der Waals surface area contributed by atoms with Crippen molar-refractivity contribution in [3.63, 3.8) is 0 Å². The molecule has 0 radical (unpaired) electrons. The van der Waals surface area contributed by atoms with Crippen molar-refractivity contribution in [3.8, 4) is 6.07 Å². The number of nitrogens with zero attached hydrogens (tertiary/aromatic N) is 1. The maximum Gasteiger partial charge on any atom is 0.223 e. The summed E-state index contributed by atoms with van der Waals surface area (Å²) in [6.45, 7) is 7.31. The lowest BCUT2D eigenvalue weighted by Crippen LogP contribution is -2.40. The largest absolute Gasteiger partial charge is 0.356 e. The predicted octanol–water partition coefficient (Wildman–Crippen LogP) is 3.93. The molecule has 23 heavy (non-hydrogen) atoms. The number of nitrogens with one attached hydrogen (secondary N) is 1. The third-order valence-corrected chi connectivity index (χ3v) is 5.19. The van der Waals surface area contributed by atoms with Crippen molar-refractivity contribution in [2.45, 2.75) is 46.5 Å². The summed E-state index contributed by atoms with van der Waals surface area (Å²) >= 11 is 0. The maximum atomic E-state index is 12.6. The molecule has 1 aromatic rings. The fourth-order valence-electron chi connectivity index (χ4n) is 3.80. The van der Waals surface area contributed by atoms with Crippen LogP contribution in [0.3, 0.4) is 0 Å². The highest BCUT2D eigenvalue weighted by molar-refractivity contribution is 5.79. The fourth-order valence-corrected chi connectivity index (χ4v) is 3.80. The molecule has 3 heteroatoms. The van der Waals surface area contributed by atoms with Crippen molar-refractivity contribution in [2.75, 3.05) is 6.54 Å². The highest BCUT2D eigenvalue weighted by Gasteiger charge is 2.35. The van der Waals surface area contributed by atoms with Crippen LogP contribution < -0.4 is 5.32 Å². The van der Waals surface area contributed by atoms with Gasteiger partial charge in [0.2, 0.25) is 5.91 Å². The Morgan fingerprint density at radius 3 is 2.78 bits per heavy atom. The molecule has 1 aliphatic carbocycles. The van der Waals surface area contributed by atoms with Crippen LogP contribution in [0.2, 0.25) is 0 Å². The van der Waals surface area contributed by atoms with Gasteiger partial charge in [0, 0.05) is 12.5 Å². The lowest BCUT2D eigenvalue weighted by Gasteiger charge is -2.36. The van der Waals surface area contributed by atoms with E-state index in [1.165, 1.54) is 6.42 Å². The number of carbonyl (C=O) groups is 1. The molecule has 0 heterocycles. The quantitative estimate of drug-likeness (QED) is 0.895. The number of hydrogen-bond acceptors (Lipinski definition) is 2. The van der Waals surface area contributed by atoms with Gasteiger partial charge in [-0.05, 0) is 48.6 Å². The zero-order chi connectivity index (χ0) is 16.8. The molecule has 1 aromatic carbocycles. The second-order valence-electron chi connectivity index (χ2n) is 7.24. The monoisotopic (exact) mass is 312 g/mol. The predicted molar refractivity (Wildman–Crippen MR) is 92.7 cm³/mol. The summed E-state index contributed by atoms with van der Waals surface area (Å²) in [7, 11) is 0. The molecule has 2 rings (SSSR count). The normalized spacial score (nSPS) is 24.2. The van der Waals surface area contributed by atoms with Crippen LogP contribution in [0.15, 0.2) is 24.3 Å². The highest BCUT2D eigenvalue weighted by atomic mass is 16.1. The third kappa shape index (κ3) is 4.58. The summed E-state index contributed by atoms with van der Waals surface area (Å²) in [6.07, 6.45) is 4.11. The SMILES string of the molecule is CC(C)[C@@H]1CC[C@@H](C)C[C@H]1C(=O)NCCc1ccccc1C#N. The lowest BCUT2D eigenvalue weighted by molar-refractivity contribution is -0.129. The standard InChI is InChI=1S/C20H28N2O/c1-14(2)18-9-8-15(3)12-19(18)20(23)22-11-10-16-6-4-5-7-17(16)13-21/h4-7,14-15,18-19H,8-12H2,1-3H3,(H,22,23)/t15-,18+,19-/m1/s1. The molecule has 0 aromatic heterocycles. The van der Waals surface area contributed by atoms with E-state index >= 15 is 0 Å². The molecule has 124 valence electrons. The van der Waals surface area contributed by atoms with Crippen LogP contribution in [0, 0.1) is 35.0 Å². The van der Waals surface area contributed by atoms with Crippen molar-refractivity contribution >= 4 is 5.91 Å². The van der Waals surface area contributed by atoms with E-state index in [1.54, 1.807) is 0 Å². The molecule has 0 aliphatic heterocycles. The molecule has 1 amide bonds. The number of carbonyl (C=O) groups excluding carboxylic acids is 1. The summed E-state index contributed by atoms with van der Waals surface area (Å²) in [5, 5.41) is 12.2. The van der Waals surface area contributed by atoms with Crippen LogP contribution in [0.4, 0.5) is 0 Å². The first-order valence-electron chi connectivity index (χ1n) is 8.78. The van der Waals surface area contributed by atoms with Gasteiger partial charge < -0.3 is 5.32 Å². The van der Waals surface area contributed by atoms with Gasteiger partial charge in [-0.15, -0.1) is 0 Å². The Balaban J connectivity index is 1.92. The van der Waals surface area contributed by atoms with Gasteiger partial charge in [0.1, 0.15) is 0 Å². The van der Waals surface area contributed by atoms with Gasteiger partial charge in [0.25, 0.3) is 0 Å². The maximum absolute atomic E-state index is 12.6. The summed E-state index contributed by atoms with van der Waals surface area (Å²) in [6, 6.07) is 9.82. The Labute approximate surface area is 140 Å². The summed E-state index contributed by atoms with van der Waals surface area (Å²) < 4.78 is 0. The third-order valence-electron chi connectivity index (χ3n) is 5.19. The molecule has 1 aliphatic rings. The van der Waals surface area contributed by atoms with Gasteiger partial charge in [0.05, 0.1) is 11.6 Å². The van der Waals surface area contributed by atoms with Crippen molar-refractivity contribution < 1.29 is 4.79 Å². The van der Waals surface area contributed by atoms with Crippen LogP contribution in [0.5, 0.6) is 0 Å². The topological polar surface area (TPSA) is 52.9 Å². The molecule has 0 unspecified atom stereocenters. The minimum atomic E-state index is 0.143. The van der Waals surface area contributed by atoms with Gasteiger partial charge in [0.15, 0.2) is 0 Å². The summed E-state index contributed by atoms with van der Waals surface area (Å²) in [5.74, 6) is 2.03. The Morgan fingerprint density at radius 2 is 2.09 bits per heavy atom. The zero-order valence-corrected chi connectivity index (χ0v) is 14.5. The van der Waals surface area contributed by atoms with E-state index in [0.29, 0.717) is 36.3 Å². The van der Waals surface area contributed by atoms with Gasteiger partial charge in [-0.2, -0.15) is 5.26 Å². The Morgan fingerprint density at radius 1 is 1.35 bits per heavy atom. The molecular formula is C20H28N2O. The molecule has 3 nitrogen and oxygen atoms in total. The van der Waals surface area contributed by atoms with Crippen LogP contribution >= 0.6 is 0 Å². The number of benzene rings is 1. The summed E-state index contributed by atoms with van der Waals surface area (Å²) in [4.78, 5) is 12.6. The molecule has 0 saturated heterocycles. The highest BCUT2D eigenvalue weighted by Crippen LogP contribution is 2.38. The van der Waals surface area contributed by atoms with Gasteiger partial charge >= 0.3 is 0 Å². The first kappa shape index (κ1) is 17.5. The van der Waals surface area contributed by atoms with Crippen molar-refractivity contribution in [1.29, 1.82) is 5.26 Å². The van der Waals surface area contributed by atoms with Crippen molar-refractivity contribution in [2.24, 2.45) is 23.7 Å². The minimum absolute atomic E-state index is 0.143. The molecule has 3 atom stereocenters. The van der Waals surface area contributed by atoms with Crippen molar-refractivity contribution in [3.05, 3.63) is 35.4 Å². The average Bonchev–Trinajstić information content (AvgIpc) is 2.54. The molecule has 0 bridgehead atoms. The van der Waals surface area contributed by atoms with E-state index in [9.17, 15) is 4.79 Å². The molecule has 0 spiro atoms. The molecule has 1 saturated carbocycles. The van der Waals surface area contributed by atoms with E-state index in [0.717, 1.165) is 18.4 Å². The van der Waals surface area contributed by atoms with E-state index in [2.05, 4.69) is 32.2 Å². The van der Waals surface area contributed by atoms with E-state index < -0.39 is 0 Å². The van der Waals surface area contributed by atoms with Gasteiger partial charge in [-0.1, -0.05) is 45.4 Å². The number of amides is 1. The lowest BCUT2D eigenvalue weighted by atomic mass is 9.70. The Bertz CT molecular complexity index is 573. The minimum Gasteiger partial charge on any atom is -0.356 e. The number of nitriles is 1. The molecular weight excluding hydrogens is 284 g/mol. The molecule has 1 fully saturated rings.